The first-order chi connectivity index (χ1) is 9.15. The number of rotatable bonds is 3. The summed E-state index contributed by atoms with van der Waals surface area (Å²) in [5, 5.41) is 8.84. The van der Waals surface area contributed by atoms with E-state index >= 15 is 0 Å². The maximum absolute atomic E-state index is 8.84. The van der Waals surface area contributed by atoms with Gasteiger partial charge in [0.05, 0.1) is 24.4 Å². The van der Waals surface area contributed by atoms with E-state index in [1.807, 2.05) is 13.0 Å². The fourth-order valence-electron chi connectivity index (χ4n) is 1.55. The molecule has 5 heteroatoms. The Balaban J connectivity index is 2.38. The lowest BCUT2D eigenvalue weighted by molar-refractivity contribution is 0.374. The number of benzene rings is 1. The molecule has 0 aliphatic carbocycles. The lowest BCUT2D eigenvalue weighted by Crippen LogP contribution is -1.98. The van der Waals surface area contributed by atoms with Crippen molar-refractivity contribution in [2.24, 2.45) is 0 Å². The molecular weight excluding hydrogens is 242 g/mol. The van der Waals surface area contributed by atoms with Crippen LogP contribution in [-0.4, -0.2) is 12.1 Å². The number of nitrogen functional groups attached to an aromatic ring is 1. The molecule has 0 aliphatic rings. The topological polar surface area (TPSA) is 81.2 Å². The van der Waals surface area contributed by atoms with E-state index in [1.54, 1.807) is 30.5 Å². The summed E-state index contributed by atoms with van der Waals surface area (Å²) in [5.74, 6) is 1.25. The van der Waals surface area contributed by atoms with Crippen LogP contribution in [0.1, 0.15) is 11.1 Å². The van der Waals surface area contributed by atoms with Crippen molar-refractivity contribution in [2.45, 2.75) is 6.92 Å². The molecule has 2 N–H and O–H groups in total. The van der Waals surface area contributed by atoms with Crippen molar-refractivity contribution < 1.29 is 9.47 Å². The van der Waals surface area contributed by atoms with E-state index in [1.165, 1.54) is 7.11 Å². The second-order valence-electron chi connectivity index (χ2n) is 3.93. The predicted molar refractivity (Wildman–Crippen MR) is 71.2 cm³/mol. The molecule has 1 aromatic carbocycles. The van der Waals surface area contributed by atoms with Crippen LogP contribution >= 0.6 is 0 Å². The molecule has 0 fully saturated rings. The Bertz CT molecular complexity index is 648. The van der Waals surface area contributed by atoms with E-state index in [0.29, 0.717) is 28.6 Å². The maximum Gasteiger partial charge on any atom is 0.243 e. The van der Waals surface area contributed by atoms with Gasteiger partial charge in [0.2, 0.25) is 5.88 Å². The van der Waals surface area contributed by atoms with Crippen molar-refractivity contribution in [3.63, 3.8) is 0 Å². The lowest BCUT2D eigenvalue weighted by Gasteiger charge is -2.12. The van der Waals surface area contributed by atoms with Crippen molar-refractivity contribution >= 4 is 5.69 Å². The highest BCUT2D eigenvalue weighted by Gasteiger charge is 2.10. The number of ether oxygens (including phenoxy) is 2. The van der Waals surface area contributed by atoms with Crippen LogP contribution in [0.25, 0.3) is 0 Å². The van der Waals surface area contributed by atoms with E-state index in [9.17, 15) is 0 Å². The lowest BCUT2D eigenvalue weighted by atomic mass is 10.2. The summed E-state index contributed by atoms with van der Waals surface area (Å²) in [7, 11) is 1.51. The third kappa shape index (κ3) is 2.58. The van der Waals surface area contributed by atoms with Gasteiger partial charge in [-0.1, -0.05) is 0 Å². The number of aryl methyl sites for hydroxylation is 1. The third-order valence-electron chi connectivity index (χ3n) is 2.67. The fraction of sp³-hybridized carbons (Fsp3) is 0.143. The van der Waals surface area contributed by atoms with Crippen LogP contribution in [-0.2, 0) is 0 Å². The summed E-state index contributed by atoms with van der Waals surface area (Å²) < 4.78 is 10.8. The minimum atomic E-state index is 0.322. The number of anilines is 1. The summed E-state index contributed by atoms with van der Waals surface area (Å²) in [6.45, 7) is 1.87. The first-order valence-electron chi connectivity index (χ1n) is 5.62. The molecule has 1 aromatic heterocycles. The van der Waals surface area contributed by atoms with Crippen LogP contribution in [0.4, 0.5) is 5.69 Å². The van der Waals surface area contributed by atoms with Crippen LogP contribution in [0.15, 0.2) is 30.5 Å². The van der Waals surface area contributed by atoms with Crippen molar-refractivity contribution in [3.8, 4) is 23.4 Å². The molecule has 5 nitrogen and oxygen atoms in total. The molecule has 0 saturated carbocycles. The van der Waals surface area contributed by atoms with E-state index in [2.05, 4.69) is 4.98 Å². The van der Waals surface area contributed by atoms with Crippen LogP contribution in [0.3, 0.4) is 0 Å². The molecule has 0 saturated heterocycles. The van der Waals surface area contributed by atoms with E-state index in [4.69, 9.17) is 20.5 Å². The molecule has 1 heterocycles. The van der Waals surface area contributed by atoms with E-state index < -0.39 is 0 Å². The highest BCUT2D eigenvalue weighted by atomic mass is 16.5. The Labute approximate surface area is 111 Å². The first-order valence-corrected chi connectivity index (χ1v) is 5.62. The zero-order valence-electron chi connectivity index (χ0n) is 10.7. The highest BCUT2D eigenvalue weighted by Crippen LogP contribution is 2.34. The minimum Gasteiger partial charge on any atom is -0.493 e. The van der Waals surface area contributed by atoms with Gasteiger partial charge in [0.15, 0.2) is 11.5 Å². The van der Waals surface area contributed by atoms with Gasteiger partial charge in [-0.2, -0.15) is 5.26 Å². The fourth-order valence-corrected chi connectivity index (χ4v) is 1.55. The molecular formula is C14H13N3O2. The average molecular weight is 255 g/mol. The number of hydrogen-bond acceptors (Lipinski definition) is 5. The molecule has 96 valence electrons. The molecule has 0 aliphatic heterocycles. The summed E-state index contributed by atoms with van der Waals surface area (Å²) in [5.41, 5.74) is 7.76. The number of nitriles is 1. The zero-order chi connectivity index (χ0) is 13.8. The van der Waals surface area contributed by atoms with Crippen molar-refractivity contribution in [1.29, 1.82) is 5.26 Å². The SMILES string of the molecule is COc1cc(C#N)ccc1Oc1nccc(C)c1N. The van der Waals surface area contributed by atoms with E-state index in [0.717, 1.165) is 5.56 Å². The van der Waals surface area contributed by atoms with Gasteiger partial charge in [-0.15, -0.1) is 0 Å². The molecule has 0 radical (unpaired) electrons. The Morgan fingerprint density at radius 2 is 2.05 bits per heavy atom. The minimum absolute atomic E-state index is 0.322. The molecule has 0 atom stereocenters. The third-order valence-corrected chi connectivity index (χ3v) is 2.67. The van der Waals surface area contributed by atoms with E-state index in [-0.39, 0.29) is 0 Å². The predicted octanol–water partition coefficient (Wildman–Crippen LogP) is 2.64. The average Bonchev–Trinajstić information content (AvgIpc) is 2.44. The molecule has 2 rings (SSSR count). The summed E-state index contributed by atoms with van der Waals surface area (Å²) in [6.07, 6.45) is 1.62. The Morgan fingerprint density at radius 1 is 1.26 bits per heavy atom. The molecule has 19 heavy (non-hydrogen) atoms. The molecule has 0 unspecified atom stereocenters. The maximum atomic E-state index is 8.84. The zero-order valence-corrected chi connectivity index (χ0v) is 10.7. The largest absolute Gasteiger partial charge is 0.493 e. The number of methoxy groups -OCH3 is 1. The Kier molecular flexibility index (Phi) is 3.53. The first kappa shape index (κ1) is 12.7. The van der Waals surface area contributed by atoms with Crippen molar-refractivity contribution in [2.75, 3.05) is 12.8 Å². The quantitative estimate of drug-likeness (QED) is 0.911. The number of nitrogens with two attached hydrogens (primary N) is 1. The van der Waals surface area contributed by atoms with Gasteiger partial charge in [-0.25, -0.2) is 4.98 Å². The Morgan fingerprint density at radius 3 is 2.74 bits per heavy atom. The summed E-state index contributed by atoms with van der Waals surface area (Å²) in [4.78, 5) is 4.08. The summed E-state index contributed by atoms with van der Waals surface area (Å²) >= 11 is 0. The molecule has 0 spiro atoms. The van der Waals surface area contributed by atoms with Gasteiger partial charge in [0.25, 0.3) is 0 Å². The Hall–Kier alpha value is -2.74. The molecule has 0 bridgehead atoms. The van der Waals surface area contributed by atoms with Gasteiger partial charge in [0.1, 0.15) is 0 Å². The van der Waals surface area contributed by atoms with Crippen LogP contribution in [0, 0.1) is 18.3 Å². The number of nitrogens with zero attached hydrogens (tertiary/aromatic N) is 2. The van der Waals surface area contributed by atoms with Crippen molar-refractivity contribution in [3.05, 3.63) is 41.6 Å². The van der Waals surface area contributed by atoms with Gasteiger partial charge < -0.3 is 15.2 Å². The smallest absolute Gasteiger partial charge is 0.243 e. The number of hydrogen-bond donors (Lipinski definition) is 1. The highest BCUT2D eigenvalue weighted by molar-refractivity contribution is 5.56. The van der Waals surface area contributed by atoms with Crippen LogP contribution in [0.2, 0.25) is 0 Å². The number of pyridine rings is 1. The van der Waals surface area contributed by atoms with Crippen LogP contribution in [0.5, 0.6) is 17.4 Å². The number of aromatic nitrogens is 1. The second kappa shape index (κ2) is 5.27. The van der Waals surface area contributed by atoms with Gasteiger partial charge >= 0.3 is 0 Å². The van der Waals surface area contributed by atoms with Gasteiger partial charge in [-0.3, -0.25) is 0 Å². The second-order valence-corrected chi connectivity index (χ2v) is 3.93. The van der Waals surface area contributed by atoms with Gasteiger partial charge in [0, 0.05) is 12.3 Å². The van der Waals surface area contributed by atoms with Crippen LogP contribution < -0.4 is 15.2 Å². The van der Waals surface area contributed by atoms with Crippen molar-refractivity contribution in [1.82, 2.24) is 4.98 Å². The standard InChI is InChI=1S/C14H13N3O2/c1-9-5-6-17-14(13(9)16)19-11-4-3-10(8-15)7-12(11)18-2/h3-7H,16H2,1-2H3. The molecule has 0 amide bonds. The van der Waals surface area contributed by atoms with Gasteiger partial charge in [-0.05, 0) is 30.7 Å². The summed E-state index contributed by atoms with van der Waals surface area (Å²) in [6, 6.07) is 8.74. The normalized spacial score (nSPS) is 9.74. The molecule has 2 aromatic rings. The monoisotopic (exact) mass is 255 g/mol.